The van der Waals surface area contributed by atoms with Gasteiger partial charge in [0.05, 0.1) is 22.4 Å². The van der Waals surface area contributed by atoms with Crippen LogP contribution in [0.4, 0.5) is 0 Å². The Bertz CT molecular complexity index is 1980. The zero-order valence-corrected chi connectivity index (χ0v) is 26.9. The number of benzene rings is 6. The Hall–Kier alpha value is -3.41. The van der Waals surface area contributed by atoms with Crippen molar-refractivity contribution >= 4 is 79.0 Å². The van der Waals surface area contributed by atoms with Gasteiger partial charge < -0.3 is 18.6 Å². The third kappa shape index (κ3) is 3.88. The van der Waals surface area contributed by atoms with Crippen molar-refractivity contribution in [1.82, 2.24) is 0 Å². The number of hydrogen-bond acceptors (Lipinski definition) is 4. The molecule has 44 heavy (non-hydrogen) atoms. The molecule has 0 saturated carbocycles. The van der Waals surface area contributed by atoms with Crippen molar-refractivity contribution in [2.75, 3.05) is 0 Å². The zero-order chi connectivity index (χ0) is 30.8. The molecule has 2 fully saturated rings. The SMILES string of the molecule is CC1(C)OB(c2ccc3c4ccccc4c4c5cc(B6OC(C)(C)C(C)(C)O6)ccc5c5ccccc5c4c3c2)OC1(C)C. The molecule has 0 aliphatic carbocycles. The third-order valence-corrected chi connectivity index (χ3v) is 10.9. The fourth-order valence-corrected chi connectivity index (χ4v) is 6.96. The Balaban J connectivity index is 1.47. The highest BCUT2D eigenvalue weighted by molar-refractivity contribution is 6.63. The van der Waals surface area contributed by atoms with E-state index in [-0.39, 0.29) is 0 Å². The monoisotopic (exact) mass is 580 g/mol. The highest BCUT2D eigenvalue weighted by Gasteiger charge is 2.52. The average molecular weight is 580 g/mol. The van der Waals surface area contributed by atoms with Crippen LogP contribution in [0.25, 0.3) is 53.9 Å². The lowest BCUT2D eigenvalue weighted by Crippen LogP contribution is -2.41. The van der Waals surface area contributed by atoms with Crippen molar-refractivity contribution in [3.8, 4) is 0 Å². The standard InChI is InChI=1S/C38H38B2O4/c1-35(2)36(3,4)42-39(41-35)23-17-19-27-25-13-9-12-16-30(25)34-32-22-24(40-43-37(5,6)38(7,8)44-40)18-20-28(32)26-14-10-11-15-29(26)33(34)31(27)21-23/h9-22H,1-8H3. The minimum absolute atomic E-state index is 0.412. The molecular formula is C38H38B2O4. The summed E-state index contributed by atoms with van der Waals surface area (Å²) >= 11 is 0. The van der Waals surface area contributed by atoms with Gasteiger partial charge in [-0.1, -0.05) is 84.9 Å². The molecule has 8 rings (SSSR count). The summed E-state index contributed by atoms with van der Waals surface area (Å²) in [6, 6.07) is 31.0. The quantitative estimate of drug-likeness (QED) is 0.154. The second-order valence-corrected chi connectivity index (χ2v) is 14.6. The molecule has 0 atom stereocenters. The Labute approximate surface area is 259 Å². The van der Waals surface area contributed by atoms with E-state index in [1.54, 1.807) is 0 Å². The molecule has 0 radical (unpaired) electrons. The van der Waals surface area contributed by atoms with Crippen molar-refractivity contribution in [3.63, 3.8) is 0 Å². The van der Waals surface area contributed by atoms with Gasteiger partial charge in [-0.3, -0.25) is 0 Å². The van der Waals surface area contributed by atoms with E-state index in [1.807, 2.05) is 0 Å². The predicted octanol–water partition coefficient (Wildman–Crippen LogP) is 8.05. The Morgan fingerprint density at radius 2 is 0.659 bits per heavy atom. The summed E-state index contributed by atoms with van der Waals surface area (Å²) in [6.07, 6.45) is 0. The summed E-state index contributed by atoms with van der Waals surface area (Å²) < 4.78 is 26.1. The van der Waals surface area contributed by atoms with E-state index in [0.717, 1.165) is 10.9 Å². The summed E-state index contributed by atoms with van der Waals surface area (Å²) in [6.45, 7) is 16.8. The van der Waals surface area contributed by atoms with E-state index < -0.39 is 36.6 Å². The molecule has 4 nitrogen and oxygen atoms in total. The Morgan fingerprint density at radius 3 is 1.00 bits per heavy atom. The summed E-state index contributed by atoms with van der Waals surface area (Å²) in [5, 5.41) is 12.3. The van der Waals surface area contributed by atoms with E-state index >= 15 is 0 Å². The topological polar surface area (TPSA) is 36.9 Å². The van der Waals surface area contributed by atoms with Gasteiger partial charge in [0.1, 0.15) is 0 Å². The molecule has 0 spiro atoms. The summed E-state index contributed by atoms with van der Waals surface area (Å²) in [7, 11) is -0.875. The Kier molecular flexibility index (Phi) is 5.80. The van der Waals surface area contributed by atoms with Crippen LogP contribution >= 0.6 is 0 Å². The molecule has 6 aromatic carbocycles. The predicted molar refractivity (Wildman–Crippen MR) is 185 cm³/mol. The molecule has 0 unspecified atom stereocenters. The van der Waals surface area contributed by atoms with E-state index in [4.69, 9.17) is 18.6 Å². The van der Waals surface area contributed by atoms with Crippen molar-refractivity contribution in [3.05, 3.63) is 84.9 Å². The molecule has 0 aromatic heterocycles. The van der Waals surface area contributed by atoms with Crippen LogP contribution in [0.15, 0.2) is 84.9 Å². The number of fused-ring (bicyclic) bond motifs is 11. The molecule has 220 valence electrons. The highest BCUT2D eigenvalue weighted by atomic mass is 16.7. The van der Waals surface area contributed by atoms with Gasteiger partial charge in [0.2, 0.25) is 0 Å². The normalized spacial score (nSPS) is 20.5. The van der Waals surface area contributed by atoms with Gasteiger partial charge in [0.25, 0.3) is 0 Å². The lowest BCUT2D eigenvalue weighted by Gasteiger charge is -2.32. The van der Waals surface area contributed by atoms with Crippen molar-refractivity contribution in [1.29, 1.82) is 0 Å². The Morgan fingerprint density at radius 1 is 0.364 bits per heavy atom. The molecule has 2 aliphatic rings. The van der Waals surface area contributed by atoms with Crippen LogP contribution in [0, 0.1) is 0 Å². The first-order chi connectivity index (χ1) is 20.8. The largest absolute Gasteiger partial charge is 0.494 e. The van der Waals surface area contributed by atoms with Gasteiger partial charge >= 0.3 is 14.2 Å². The maximum atomic E-state index is 6.51. The van der Waals surface area contributed by atoms with Gasteiger partial charge in [0.15, 0.2) is 0 Å². The van der Waals surface area contributed by atoms with Crippen LogP contribution in [0.1, 0.15) is 55.4 Å². The molecular weight excluding hydrogens is 542 g/mol. The maximum absolute atomic E-state index is 6.51. The van der Waals surface area contributed by atoms with Crippen LogP contribution in [0.2, 0.25) is 0 Å². The first kappa shape index (κ1) is 28.1. The van der Waals surface area contributed by atoms with Crippen LogP contribution in [-0.2, 0) is 18.6 Å². The lowest BCUT2D eigenvalue weighted by atomic mass is 9.75. The summed E-state index contributed by atoms with van der Waals surface area (Å²) in [5.41, 5.74) is 0.414. The van der Waals surface area contributed by atoms with Gasteiger partial charge in [-0.05, 0) is 120 Å². The van der Waals surface area contributed by atoms with E-state index in [2.05, 4.69) is 140 Å². The first-order valence-corrected chi connectivity index (χ1v) is 15.7. The number of rotatable bonds is 2. The van der Waals surface area contributed by atoms with Crippen LogP contribution in [-0.4, -0.2) is 36.6 Å². The molecule has 2 aliphatic heterocycles. The highest BCUT2D eigenvalue weighted by Crippen LogP contribution is 2.44. The summed E-state index contributed by atoms with van der Waals surface area (Å²) in [4.78, 5) is 0. The fourth-order valence-electron chi connectivity index (χ4n) is 6.96. The minimum Gasteiger partial charge on any atom is -0.399 e. The van der Waals surface area contributed by atoms with Crippen molar-refractivity contribution in [2.45, 2.75) is 77.8 Å². The lowest BCUT2D eigenvalue weighted by molar-refractivity contribution is 0.00578. The molecule has 0 amide bonds. The average Bonchev–Trinajstić information content (AvgIpc) is 3.35. The minimum atomic E-state index is -0.437. The molecule has 0 N–H and O–H groups in total. The maximum Gasteiger partial charge on any atom is 0.494 e. The fraction of sp³-hybridized carbons (Fsp3) is 0.316. The smallest absolute Gasteiger partial charge is 0.399 e. The van der Waals surface area contributed by atoms with Gasteiger partial charge in [0, 0.05) is 0 Å². The van der Waals surface area contributed by atoms with E-state index in [0.29, 0.717) is 0 Å². The van der Waals surface area contributed by atoms with Gasteiger partial charge in [-0.15, -0.1) is 0 Å². The summed E-state index contributed by atoms with van der Waals surface area (Å²) in [5.74, 6) is 0. The van der Waals surface area contributed by atoms with Crippen LogP contribution in [0.3, 0.4) is 0 Å². The molecule has 2 saturated heterocycles. The molecule has 6 heteroatoms. The van der Waals surface area contributed by atoms with E-state index in [1.165, 1.54) is 53.9 Å². The van der Waals surface area contributed by atoms with E-state index in [9.17, 15) is 0 Å². The van der Waals surface area contributed by atoms with Crippen molar-refractivity contribution in [2.24, 2.45) is 0 Å². The zero-order valence-electron chi connectivity index (χ0n) is 26.9. The van der Waals surface area contributed by atoms with Crippen LogP contribution < -0.4 is 10.9 Å². The second kappa shape index (κ2) is 9.08. The van der Waals surface area contributed by atoms with Crippen molar-refractivity contribution < 1.29 is 18.6 Å². The molecule has 6 aromatic rings. The van der Waals surface area contributed by atoms with Gasteiger partial charge in [-0.25, -0.2) is 0 Å². The third-order valence-electron chi connectivity index (χ3n) is 10.9. The second-order valence-electron chi connectivity index (χ2n) is 14.6. The molecule has 2 heterocycles. The molecule has 0 bridgehead atoms. The number of hydrogen-bond donors (Lipinski definition) is 0. The van der Waals surface area contributed by atoms with Gasteiger partial charge in [-0.2, -0.15) is 0 Å². The van der Waals surface area contributed by atoms with Crippen LogP contribution in [0.5, 0.6) is 0 Å². The first-order valence-electron chi connectivity index (χ1n) is 15.7.